The zero-order valence-corrected chi connectivity index (χ0v) is 13.6. The summed E-state index contributed by atoms with van der Waals surface area (Å²) in [4.78, 5) is 0. The van der Waals surface area contributed by atoms with Crippen molar-refractivity contribution in [2.45, 2.75) is 39.2 Å². The third-order valence-corrected chi connectivity index (χ3v) is 4.43. The minimum atomic E-state index is 0.146. The van der Waals surface area contributed by atoms with E-state index in [0.29, 0.717) is 0 Å². The molecule has 2 heterocycles. The standard InChI is InChI=1S/C16H21N3OS/c1-16(2,3)17-8-6-14-18-19-15(21-14)12-4-5-13-11(10-12)7-9-20-13/h4-5,10,17H,6-9H2,1-3H3. The first-order valence-corrected chi connectivity index (χ1v) is 8.16. The monoisotopic (exact) mass is 303 g/mol. The Hall–Kier alpha value is -1.46. The maximum absolute atomic E-state index is 5.54. The maximum atomic E-state index is 5.54. The molecule has 0 saturated heterocycles. The largest absolute Gasteiger partial charge is 0.493 e. The lowest BCUT2D eigenvalue weighted by atomic mass is 10.1. The van der Waals surface area contributed by atoms with Gasteiger partial charge >= 0.3 is 0 Å². The van der Waals surface area contributed by atoms with Crippen molar-refractivity contribution in [3.05, 3.63) is 28.8 Å². The highest BCUT2D eigenvalue weighted by Gasteiger charge is 2.15. The molecule has 0 saturated carbocycles. The Kier molecular flexibility index (Phi) is 3.95. The first-order valence-electron chi connectivity index (χ1n) is 7.35. The van der Waals surface area contributed by atoms with E-state index in [0.717, 1.165) is 47.3 Å². The van der Waals surface area contributed by atoms with Gasteiger partial charge in [-0.3, -0.25) is 0 Å². The Labute approximate surface area is 129 Å². The van der Waals surface area contributed by atoms with E-state index in [9.17, 15) is 0 Å². The van der Waals surface area contributed by atoms with E-state index in [1.54, 1.807) is 11.3 Å². The van der Waals surface area contributed by atoms with Crippen LogP contribution in [0, 0.1) is 0 Å². The summed E-state index contributed by atoms with van der Waals surface area (Å²) in [6, 6.07) is 6.29. The highest BCUT2D eigenvalue weighted by Crippen LogP contribution is 2.31. The third kappa shape index (κ3) is 3.60. The molecule has 0 bridgehead atoms. The number of benzene rings is 1. The summed E-state index contributed by atoms with van der Waals surface area (Å²) in [6.45, 7) is 8.23. The lowest BCUT2D eigenvalue weighted by molar-refractivity contribution is 0.357. The third-order valence-electron chi connectivity index (χ3n) is 3.40. The van der Waals surface area contributed by atoms with Crippen molar-refractivity contribution in [2.24, 2.45) is 0 Å². The summed E-state index contributed by atoms with van der Waals surface area (Å²) in [5, 5.41) is 14.2. The van der Waals surface area contributed by atoms with Gasteiger partial charge in [-0.2, -0.15) is 0 Å². The molecule has 3 rings (SSSR count). The highest BCUT2D eigenvalue weighted by atomic mass is 32.1. The van der Waals surface area contributed by atoms with E-state index in [2.05, 4.69) is 48.4 Å². The smallest absolute Gasteiger partial charge is 0.147 e. The van der Waals surface area contributed by atoms with Crippen LogP contribution in [0.15, 0.2) is 18.2 Å². The van der Waals surface area contributed by atoms with Gasteiger partial charge in [-0.25, -0.2) is 0 Å². The van der Waals surface area contributed by atoms with Crippen molar-refractivity contribution in [1.29, 1.82) is 0 Å². The van der Waals surface area contributed by atoms with E-state index in [1.807, 2.05) is 6.07 Å². The van der Waals surface area contributed by atoms with Gasteiger partial charge in [-0.05, 0) is 44.5 Å². The molecule has 112 valence electrons. The van der Waals surface area contributed by atoms with Crippen LogP contribution in [0.25, 0.3) is 10.6 Å². The summed E-state index contributed by atoms with van der Waals surface area (Å²) >= 11 is 1.68. The predicted octanol–water partition coefficient (Wildman–Crippen LogP) is 3.07. The van der Waals surface area contributed by atoms with Gasteiger partial charge in [0.05, 0.1) is 6.61 Å². The number of fused-ring (bicyclic) bond motifs is 1. The summed E-state index contributed by atoms with van der Waals surface area (Å²) in [7, 11) is 0. The molecule has 21 heavy (non-hydrogen) atoms. The molecule has 1 aromatic heterocycles. The van der Waals surface area contributed by atoms with E-state index in [1.165, 1.54) is 5.56 Å². The number of aromatic nitrogens is 2. The van der Waals surface area contributed by atoms with Gasteiger partial charge in [-0.15, -0.1) is 10.2 Å². The second kappa shape index (κ2) is 5.73. The van der Waals surface area contributed by atoms with Crippen molar-refractivity contribution >= 4 is 11.3 Å². The zero-order valence-electron chi connectivity index (χ0n) is 12.8. The van der Waals surface area contributed by atoms with Crippen LogP contribution in [0.1, 0.15) is 31.3 Å². The van der Waals surface area contributed by atoms with Gasteiger partial charge in [0, 0.05) is 30.5 Å². The van der Waals surface area contributed by atoms with Crippen LogP contribution in [0.2, 0.25) is 0 Å². The van der Waals surface area contributed by atoms with Crippen molar-refractivity contribution in [2.75, 3.05) is 13.2 Å². The van der Waals surface area contributed by atoms with E-state index in [4.69, 9.17) is 4.74 Å². The summed E-state index contributed by atoms with van der Waals surface area (Å²) in [5.74, 6) is 1.01. The molecule has 1 N–H and O–H groups in total. The quantitative estimate of drug-likeness (QED) is 0.943. The molecule has 0 fully saturated rings. The Balaban J connectivity index is 1.67. The van der Waals surface area contributed by atoms with Gasteiger partial charge in [0.2, 0.25) is 0 Å². The molecule has 1 aliphatic rings. The first kappa shape index (κ1) is 14.5. The highest BCUT2D eigenvalue weighted by molar-refractivity contribution is 7.14. The fourth-order valence-corrected chi connectivity index (χ4v) is 3.17. The van der Waals surface area contributed by atoms with E-state index in [-0.39, 0.29) is 5.54 Å². The molecule has 1 aromatic carbocycles. The fraction of sp³-hybridized carbons (Fsp3) is 0.500. The van der Waals surface area contributed by atoms with Crippen LogP contribution < -0.4 is 10.1 Å². The van der Waals surface area contributed by atoms with Gasteiger partial charge < -0.3 is 10.1 Å². The average molecular weight is 303 g/mol. The molecular formula is C16H21N3OS. The van der Waals surface area contributed by atoms with Crippen molar-refractivity contribution in [1.82, 2.24) is 15.5 Å². The van der Waals surface area contributed by atoms with E-state index >= 15 is 0 Å². The average Bonchev–Trinajstić information content (AvgIpc) is 3.04. The van der Waals surface area contributed by atoms with Crippen LogP contribution >= 0.6 is 11.3 Å². The Morgan fingerprint density at radius 3 is 2.95 bits per heavy atom. The van der Waals surface area contributed by atoms with Crippen LogP contribution in [-0.2, 0) is 12.8 Å². The van der Waals surface area contributed by atoms with Gasteiger partial charge in [0.1, 0.15) is 15.8 Å². The molecule has 0 atom stereocenters. The van der Waals surface area contributed by atoms with Crippen LogP contribution in [0.4, 0.5) is 0 Å². The molecular weight excluding hydrogens is 282 g/mol. The van der Waals surface area contributed by atoms with E-state index < -0.39 is 0 Å². The molecule has 4 nitrogen and oxygen atoms in total. The Morgan fingerprint density at radius 2 is 2.14 bits per heavy atom. The fourth-order valence-electron chi connectivity index (χ4n) is 2.34. The van der Waals surface area contributed by atoms with Crippen molar-refractivity contribution in [3.63, 3.8) is 0 Å². The lowest BCUT2D eigenvalue weighted by Gasteiger charge is -2.19. The second-order valence-electron chi connectivity index (χ2n) is 6.35. The number of hydrogen-bond acceptors (Lipinski definition) is 5. The summed E-state index contributed by atoms with van der Waals surface area (Å²) in [6.07, 6.45) is 1.91. The Morgan fingerprint density at radius 1 is 1.29 bits per heavy atom. The molecule has 0 aliphatic carbocycles. The number of nitrogens with one attached hydrogen (secondary N) is 1. The SMILES string of the molecule is CC(C)(C)NCCc1nnc(-c2ccc3c(c2)CCO3)s1. The van der Waals surface area contributed by atoms with Gasteiger partial charge in [0.25, 0.3) is 0 Å². The number of nitrogens with zero attached hydrogens (tertiary/aromatic N) is 2. The molecule has 0 amide bonds. The Bertz CT molecular complexity index is 631. The van der Waals surface area contributed by atoms with Crippen molar-refractivity contribution < 1.29 is 4.74 Å². The topological polar surface area (TPSA) is 47.0 Å². The number of hydrogen-bond donors (Lipinski definition) is 1. The predicted molar refractivity (Wildman–Crippen MR) is 86.0 cm³/mol. The van der Waals surface area contributed by atoms with Crippen molar-refractivity contribution in [3.8, 4) is 16.3 Å². The van der Waals surface area contributed by atoms with Crippen LogP contribution in [0.3, 0.4) is 0 Å². The number of rotatable bonds is 4. The molecule has 0 radical (unpaired) electrons. The lowest BCUT2D eigenvalue weighted by Crippen LogP contribution is -2.37. The minimum Gasteiger partial charge on any atom is -0.493 e. The minimum absolute atomic E-state index is 0.146. The maximum Gasteiger partial charge on any atom is 0.147 e. The second-order valence-corrected chi connectivity index (χ2v) is 7.41. The molecule has 1 aliphatic heterocycles. The number of ether oxygens (including phenoxy) is 1. The van der Waals surface area contributed by atoms with Crippen LogP contribution in [-0.4, -0.2) is 28.9 Å². The first-order chi connectivity index (χ1) is 10.0. The molecule has 0 unspecified atom stereocenters. The summed E-state index contributed by atoms with van der Waals surface area (Å²) in [5.41, 5.74) is 2.57. The molecule has 0 spiro atoms. The van der Waals surface area contributed by atoms with Crippen LogP contribution in [0.5, 0.6) is 5.75 Å². The van der Waals surface area contributed by atoms with Gasteiger partial charge in [0.15, 0.2) is 0 Å². The van der Waals surface area contributed by atoms with Gasteiger partial charge in [-0.1, -0.05) is 11.3 Å². The molecule has 2 aromatic rings. The normalized spacial score (nSPS) is 14.0. The zero-order chi connectivity index (χ0) is 14.9. The summed E-state index contributed by atoms with van der Waals surface area (Å²) < 4.78 is 5.54. The molecule has 5 heteroatoms.